The minimum Gasteiger partial charge on any atom is -0.388 e. The molecule has 0 saturated heterocycles. The number of aliphatic hydroxyl groups is 1. The van der Waals surface area contributed by atoms with E-state index in [1.54, 1.807) is 0 Å². The summed E-state index contributed by atoms with van der Waals surface area (Å²) in [5, 5.41) is 17.8. The van der Waals surface area contributed by atoms with Gasteiger partial charge in [0.05, 0.1) is 22.7 Å². The van der Waals surface area contributed by atoms with E-state index in [4.69, 9.17) is 0 Å². The SMILES string of the molecule is OCc1nc2cc3[nH]ncc3cc2n1C1CCCCC1. The topological polar surface area (TPSA) is 66.7 Å². The highest BCUT2D eigenvalue weighted by molar-refractivity contribution is 5.93. The first-order valence-corrected chi connectivity index (χ1v) is 7.31. The van der Waals surface area contributed by atoms with Gasteiger partial charge in [0, 0.05) is 11.4 Å². The van der Waals surface area contributed by atoms with Crippen molar-refractivity contribution in [2.45, 2.75) is 44.8 Å². The summed E-state index contributed by atoms with van der Waals surface area (Å²) in [6.45, 7) is -0.00261. The van der Waals surface area contributed by atoms with E-state index < -0.39 is 0 Å². The molecular formula is C15H18N4O. The van der Waals surface area contributed by atoms with Crippen LogP contribution in [0.1, 0.15) is 44.0 Å². The van der Waals surface area contributed by atoms with Crippen LogP contribution in [0.15, 0.2) is 18.3 Å². The molecule has 5 nitrogen and oxygen atoms in total. The van der Waals surface area contributed by atoms with E-state index >= 15 is 0 Å². The summed E-state index contributed by atoms with van der Waals surface area (Å²) < 4.78 is 2.25. The lowest BCUT2D eigenvalue weighted by Gasteiger charge is -2.25. The first kappa shape index (κ1) is 11.9. The summed E-state index contributed by atoms with van der Waals surface area (Å²) in [5.74, 6) is 0.785. The molecule has 1 saturated carbocycles. The van der Waals surface area contributed by atoms with Gasteiger partial charge in [-0.3, -0.25) is 5.10 Å². The van der Waals surface area contributed by atoms with Gasteiger partial charge in [-0.1, -0.05) is 19.3 Å². The van der Waals surface area contributed by atoms with Gasteiger partial charge in [0.2, 0.25) is 0 Å². The van der Waals surface area contributed by atoms with Gasteiger partial charge in [-0.15, -0.1) is 0 Å². The summed E-state index contributed by atoms with van der Waals surface area (Å²) >= 11 is 0. The van der Waals surface area contributed by atoms with Crippen LogP contribution >= 0.6 is 0 Å². The van der Waals surface area contributed by atoms with Crippen molar-refractivity contribution in [3.05, 3.63) is 24.2 Å². The van der Waals surface area contributed by atoms with Gasteiger partial charge in [-0.2, -0.15) is 5.10 Å². The molecule has 3 aromatic rings. The lowest BCUT2D eigenvalue weighted by atomic mass is 9.95. The Kier molecular flexibility index (Phi) is 2.73. The summed E-state index contributed by atoms with van der Waals surface area (Å²) in [7, 11) is 0. The molecular weight excluding hydrogens is 252 g/mol. The number of hydrogen-bond acceptors (Lipinski definition) is 3. The lowest BCUT2D eigenvalue weighted by Crippen LogP contribution is -2.15. The summed E-state index contributed by atoms with van der Waals surface area (Å²) in [4.78, 5) is 4.60. The zero-order valence-electron chi connectivity index (χ0n) is 11.3. The van der Waals surface area contributed by atoms with Crippen molar-refractivity contribution >= 4 is 21.9 Å². The van der Waals surface area contributed by atoms with Crippen LogP contribution in [-0.4, -0.2) is 24.9 Å². The molecule has 0 spiro atoms. The zero-order chi connectivity index (χ0) is 13.5. The van der Waals surface area contributed by atoms with Crippen LogP contribution < -0.4 is 0 Å². The molecule has 5 heteroatoms. The number of aromatic amines is 1. The van der Waals surface area contributed by atoms with Crippen LogP contribution in [0.4, 0.5) is 0 Å². The molecule has 0 aliphatic heterocycles. The molecule has 0 amide bonds. The molecule has 4 rings (SSSR count). The van der Waals surface area contributed by atoms with Crippen molar-refractivity contribution in [3.8, 4) is 0 Å². The quantitative estimate of drug-likeness (QED) is 0.752. The van der Waals surface area contributed by atoms with Gasteiger partial charge in [-0.25, -0.2) is 4.98 Å². The molecule has 0 bridgehead atoms. The second-order valence-electron chi connectivity index (χ2n) is 5.65. The van der Waals surface area contributed by atoms with E-state index in [0.29, 0.717) is 6.04 Å². The smallest absolute Gasteiger partial charge is 0.135 e. The number of hydrogen-bond donors (Lipinski definition) is 2. The third-order valence-electron chi connectivity index (χ3n) is 4.40. The van der Waals surface area contributed by atoms with Crippen molar-refractivity contribution in [1.82, 2.24) is 19.7 Å². The number of H-pyrrole nitrogens is 1. The van der Waals surface area contributed by atoms with Gasteiger partial charge < -0.3 is 9.67 Å². The van der Waals surface area contributed by atoms with Gasteiger partial charge >= 0.3 is 0 Å². The van der Waals surface area contributed by atoms with Crippen LogP contribution in [0.3, 0.4) is 0 Å². The minimum atomic E-state index is -0.00261. The predicted octanol–water partition coefficient (Wildman–Crippen LogP) is 2.91. The fourth-order valence-electron chi connectivity index (χ4n) is 3.44. The number of aromatic nitrogens is 4. The van der Waals surface area contributed by atoms with Crippen LogP contribution in [0.25, 0.3) is 21.9 Å². The normalized spacial score (nSPS) is 17.2. The molecule has 1 aliphatic rings. The first-order valence-electron chi connectivity index (χ1n) is 7.31. The number of imidazole rings is 1. The van der Waals surface area contributed by atoms with E-state index in [2.05, 4.69) is 25.8 Å². The molecule has 2 heterocycles. The summed E-state index contributed by atoms with van der Waals surface area (Å²) in [6.07, 6.45) is 8.06. The Morgan fingerprint density at radius 3 is 2.90 bits per heavy atom. The fourth-order valence-corrected chi connectivity index (χ4v) is 3.44. The molecule has 2 aromatic heterocycles. The van der Waals surface area contributed by atoms with Crippen molar-refractivity contribution in [1.29, 1.82) is 0 Å². The molecule has 0 unspecified atom stereocenters. The second-order valence-corrected chi connectivity index (χ2v) is 5.65. The van der Waals surface area contributed by atoms with Gasteiger partial charge in [0.1, 0.15) is 12.4 Å². The van der Waals surface area contributed by atoms with Crippen LogP contribution in [0, 0.1) is 0 Å². The molecule has 0 atom stereocenters. The van der Waals surface area contributed by atoms with Gasteiger partial charge in [-0.05, 0) is 25.0 Å². The number of rotatable bonds is 2. The van der Waals surface area contributed by atoms with Gasteiger partial charge in [0.25, 0.3) is 0 Å². The van der Waals surface area contributed by atoms with Crippen LogP contribution in [0.5, 0.6) is 0 Å². The third-order valence-corrected chi connectivity index (χ3v) is 4.40. The maximum absolute atomic E-state index is 9.63. The standard InChI is InChI=1S/C15H18N4O/c20-9-15-17-13-7-12-10(8-16-18-12)6-14(13)19(15)11-4-2-1-3-5-11/h6-8,11,20H,1-5,9H2,(H,16,18). The maximum Gasteiger partial charge on any atom is 0.135 e. The molecule has 1 aromatic carbocycles. The highest BCUT2D eigenvalue weighted by Crippen LogP contribution is 2.33. The molecule has 104 valence electrons. The molecule has 1 fully saturated rings. The van der Waals surface area contributed by atoms with Crippen molar-refractivity contribution in [2.75, 3.05) is 0 Å². The van der Waals surface area contributed by atoms with E-state index in [0.717, 1.165) is 27.8 Å². The Bertz CT molecular complexity index is 752. The number of nitrogens with one attached hydrogen (secondary N) is 1. The lowest BCUT2D eigenvalue weighted by molar-refractivity contribution is 0.253. The van der Waals surface area contributed by atoms with E-state index in [1.165, 1.54) is 32.1 Å². The molecule has 2 N–H and O–H groups in total. The van der Waals surface area contributed by atoms with Crippen LogP contribution in [-0.2, 0) is 6.61 Å². The molecule has 0 radical (unpaired) electrons. The van der Waals surface area contributed by atoms with Crippen molar-refractivity contribution in [3.63, 3.8) is 0 Å². The van der Waals surface area contributed by atoms with Crippen molar-refractivity contribution in [2.24, 2.45) is 0 Å². The minimum absolute atomic E-state index is 0.00261. The van der Waals surface area contributed by atoms with Crippen molar-refractivity contribution < 1.29 is 5.11 Å². The fraction of sp³-hybridized carbons (Fsp3) is 0.467. The average Bonchev–Trinajstić information content (AvgIpc) is 3.08. The monoisotopic (exact) mass is 270 g/mol. The number of benzene rings is 1. The average molecular weight is 270 g/mol. The predicted molar refractivity (Wildman–Crippen MR) is 77.4 cm³/mol. The Balaban J connectivity index is 1.94. The highest BCUT2D eigenvalue weighted by Gasteiger charge is 2.21. The molecule has 20 heavy (non-hydrogen) atoms. The maximum atomic E-state index is 9.63. The van der Waals surface area contributed by atoms with E-state index in [-0.39, 0.29) is 6.61 Å². The summed E-state index contributed by atoms with van der Waals surface area (Å²) in [6, 6.07) is 4.63. The largest absolute Gasteiger partial charge is 0.388 e. The zero-order valence-corrected chi connectivity index (χ0v) is 11.3. The number of nitrogens with zero attached hydrogens (tertiary/aromatic N) is 3. The second kappa shape index (κ2) is 4.59. The Labute approximate surface area is 116 Å². The summed E-state index contributed by atoms with van der Waals surface area (Å²) in [5.41, 5.74) is 3.06. The van der Waals surface area contributed by atoms with E-state index in [9.17, 15) is 5.11 Å². The van der Waals surface area contributed by atoms with Crippen LogP contribution in [0.2, 0.25) is 0 Å². The first-order chi connectivity index (χ1) is 9.86. The third kappa shape index (κ3) is 1.73. The van der Waals surface area contributed by atoms with E-state index in [1.807, 2.05) is 12.3 Å². The Hall–Kier alpha value is -1.88. The Morgan fingerprint density at radius 1 is 1.25 bits per heavy atom. The number of fused-ring (bicyclic) bond motifs is 2. The highest BCUT2D eigenvalue weighted by atomic mass is 16.3. The molecule has 1 aliphatic carbocycles. The van der Waals surface area contributed by atoms with Gasteiger partial charge in [0.15, 0.2) is 0 Å². The number of aliphatic hydroxyl groups excluding tert-OH is 1. The Morgan fingerprint density at radius 2 is 2.10 bits per heavy atom.